The zero-order chi connectivity index (χ0) is 30.2. The maximum Gasteiger partial charge on any atom is 0.243 e. The number of carbonyl (C=O) groups excluding carboxylic acids is 2. The number of carbonyl (C=O) groups is 2. The summed E-state index contributed by atoms with van der Waals surface area (Å²) < 4.78 is 28.3. The van der Waals surface area contributed by atoms with Gasteiger partial charge < -0.3 is 10.2 Å². The molecule has 5 rings (SSSR count). The van der Waals surface area contributed by atoms with E-state index in [1.165, 1.54) is 7.05 Å². The molecule has 8 heteroatoms. The van der Waals surface area contributed by atoms with Gasteiger partial charge in [-0.25, -0.2) is 8.42 Å². The van der Waals surface area contributed by atoms with Crippen LogP contribution >= 0.6 is 0 Å². The molecule has 43 heavy (non-hydrogen) atoms. The minimum atomic E-state index is -3.97. The molecule has 0 spiro atoms. The number of hydrogen-bond acceptors (Lipinski definition) is 4. The summed E-state index contributed by atoms with van der Waals surface area (Å²) in [5.41, 5.74) is 1.79. The van der Waals surface area contributed by atoms with Gasteiger partial charge in [-0.05, 0) is 46.9 Å². The van der Waals surface area contributed by atoms with Gasteiger partial charge in [0.2, 0.25) is 21.8 Å². The van der Waals surface area contributed by atoms with Gasteiger partial charge in [0.15, 0.2) is 0 Å². The van der Waals surface area contributed by atoms with E-state index in [0.29, 0.717) is 6.42 Å². The van der Waals surface area contributed by atoms with E-state index in [0.717, 1.165) is 58.3 Å². The van der Waals surface area contributed by atoms with Crippen LogP contribution in [0.5, 0.6) is 0 Å². The van der Waals surface area contributed by atoms with Gasteiger partial charge in [0.25, 0.3) is 0 Å². The lowest BCUT2D eigenvalue weighted by Gasteiger charge is -2.34. The van der Waals surface area contributed by atoms with Gasteiger partial charge in [0, 0.05) is 26.1 Å². The van der Waals surface area contributed by atoms with E-state index < -0.39 is 28.5 Å². The minimum Gasteiger partial charge on any atom is -0.352 e. The van der Waals surface area contributed by atoms with Crippen LogP contribution in [0.4, 0.5) is 0 Å². The van der Waals surface area contributed by atoms with Gasteiger partial charge in [-0.3, -0.25) is 9.59 Å². The van der Waals surface area contributed by atoms with Crippen LogP contribution in [-0.2, 0) is 32.6 Å². The van der Waals surface area contributed by atoms with Crippen LogP contribution in [0.15, 0.2) is 108 Å². The molecule has 224 valence electrons. The smallest absolute Gasteiger partial charge is 0.243 e. The molecule has 4 aromatic carbocycles. The van der Waals surface area contributed by atoms with Crippen molar-refractivity contribution in [2.45, 2.75) is 62.0 Å². The Kier molecular flexibility index (Phi) is 9.89. The molecular formula is C35H39N3O4S. The predicted molar refractivity (Wildman–Crippen MR) is 170 cm³/mol. The molecular weight excluding hydrogens is 558 g/mol. The number of sulfonamides is 1. The molecule has 1 aliphatic rings. The molecule has 4 aromatic rings. The zero-order valence-electron chi connectivity index (χ0n) is 24.6. The fourth-order valence-electron chi connectivity index (χ4n) is 5.75. The molecule has 7 nitrogen and oxygen atoms in total. The Labute approximate surface area is 254 Å². The number of amides is 2. The van der Waals surface area contributed by atoms with E-state index in [2.05, 4.69) is 5.32 Å². The van der Waals surface area contributed by atoms with E-state index in [4.69, 9.17) is 0 Å². The maximum absolute atomic E-state index is 14.1. The summed E-state index contributed by atoms with van der Waals surface area (Å²) in [6, 6.07) is 30.9. The van der Waals surface area contributed by atoms with Crippen LogP contribution in [-0.4, -0.2) is 55.1 Å². The average Bonchev–Trinajstić information content (AvgIpc) is 3.03. The molecule has 2 amide bonds. The third-order valence-electron chi connectivity index (χ3n) is 8.21. The van der Waals surface area contributed by atoms with Crippen molar-refractivity contribution in [1.29, 1.82) is 0 Å². The number of rotatable bonds is 11. The van der Waals surface area contributed by atoms with Crippen molar-refractivity contribution in [3.63, 3.8) is 0 Å². The molecule has 0 aliphatic heterocycles. The van der Waals surface area contributed by atoms with E-state index in [9.17, 15) is 18.0 Å². The largest absolute Gasteiger partial charge is 0.352 e. The van der Waals surface area contributed by atoms with Gasteiger partial charge in [-0.2, -0.15) is 4.31 Å². The summed E-state index contributed by atoms with van der Waals surface area (Å²) in [6.07, 6.45) is 5.46. The molecule has 1 atom stereocenters. The van der Waals surface area contributed by atoms with Gasteiger partial charge in [0.1, 0.15) is 6.04 Å². The maximum atomic E-state index is 14.1. The van der Waals surface area contributed by atoms with Crippen LogP contribution in [0, 0.1) is 0 Å². The first-order valence-corrected chi connectivity index (χ1v) is 16.4. The van der Waals surface area contributed by atoms with E-state index >= 15 is 0 Å². The first-order chi connectivity index (χ1) is 20.8. The highest BCUT2D eigenvalue weighted by Gasteiger charge is 2.34. The first-order valence-electron chi connectivity index (χ1n) is 14.9. The van der Waals surface area contributed by atoms with E-state index in [1.807, 2.05) is 84.9 Å². The van der Waals surface area contributed by atoms with Crippen molar-refractivity contribution in [2.75, 3.05) is 13.6 Å². The van der Waals surface area contributed by atoms with Crippen molar-refractivity contribution in [3.05, 3.63) is 114 Å². The van der Waals surface area contributed by atoms with Crippen LogP contribution in [0.1, 0.15) is 43.2 Å². The predicted octanol–water partition coefficient (Wildman–Crippen LogP) is 5.55. The molecule has 1 aliphatic carbocycles. The van der Waals surface area contributed by atoms with Crippen molar-refractivity contribution < 1.29 is 18.0 Å². The third kappa shape index (κ3) is 7.69. The number of hydrogen-bond donors (Lipinski definition) is 1. The van der Waals surface area contributed by atoms with Gasteiger partial charge in [-0.1, -0.05) is 110 Å². The fourth-order valence-corrected chi connectivity index (χ4v) is 6.91. The highest BCUT2D eigenvalue weighted by molar-refractivity contribution is 7.89. The Bertz CT molecular complexity index is 1640. The van der Waals surface area contributed by atoms with Gasteiger partial charge >= 0.3 is 0 Å². The Morgan fingerprint density at radius 1 is 0.791 bits per heavy atom. The molecule has 1 unspecified atom stereocenters. The zero-order valence-corrected chi connectivity index (χ0v) is 25.4. The molecule has 0 heterocycles. The lowest BCUT2D eigenvalue weighted by atomic mass is 9.94. The Morgan fingerprint density at radius 3 is 2.07 bits per heavy atom. The average molecular weight is 598 g/mol. The third-order valence-corrected chi connectivity index (χ3v) is 10.0. The molecule has 1 N–H and O–H groups in total. The SMILES string of the molecule is CN(CC(=O)N(Cc1ccccc1)C(Cc1ccccc1)C(=O)NC1CCCCC1)S(=O)(=O)c1ccc2ccccc2c1. The molecule has 0 radical (unpaired) electrons. The topological polar surface area (TPSA) is 86.8 Å². The lowest BCUT2D eigenvalue weighted by molar-refractivity contribution is -0.141. The number of nitrogens with one attached hydrogen (secondary N) is 1. The van der Waals surface area contributed by atoms with Gasteiger partial charge in [-0.15, -0.1) is 0 Å². The Morgan fingerprint density at radius 2 is 1.40 bits per heavy atom. The summed E-state index contributed by atoms with van der Waals surface area (Å²) in [7, 11) is -2.56. The van der Waals surface area contributed by atoms with Crippen molar-refractivity contribution in [2.24, 2.45) is 0 Å². The summed E-state index contributed by atoms with van der Waals surface area (Å²) in [4.78, 5) is 29.7. The highest BCUT2D eigenvalue weighted by Crippen LogP contribution is 2.23. The second kappa shape index (κ2) is 14.0. The van der Waals surface area contributed by atoms with Crippen LogP contribution in [0.3, 0.4) is 0 Å². The number of benzene rings is 4. The van der Waals surface area contributed by atoms with Gasteiger partial charge in [0.05, 0.1) is 11.4 Å². The quantitative estimate of drug-likeness (QED) is 0.246. The summed E-state index contributed by atoms with van der Waals surface area (Å²) in [5.74, 6) is -0.643. The number of nitrogens with zero attached hydrogens (tertiary/aromatic N) is 2. The first kappa shape index (κ1) is 30.4. The van der Waals surface area contributed by atoms with Crippen LogP contribution in [0.2, 0.25) is 0 Å². The Balaban J connectivity index is 1.44. The summed E-state index contributed by atoms with van der Waals surface area (Å²) in [5, 5.41) is 4.96. The lowest BCUT2D eigenvalue weighted by Crippen LogP contribution is -2.54. The van der Waals surface area contributed by atoms with Crippen molar-refractivity contribution >= 4 is 32.6 Å². The van der Waals surface area contributed by atoms with Crippen LogP contribution in [0.25, 0.3) is 10.8 Å². The van der Waals surface area contributed by atoms with E-state index in [1.54, 1.807) is 23.1 Å². The number of fused-ring (bicyclic) bond motifs is 1. The summed E-state index contributed by atoms with van der Waals surface area (Å²) in [6.45, 7) is -0.219. The normalized spacial score (nSPS) is 14.8. The molecule has 0 aromatic heterocycles. The Hall–Kier alpha value is -4.01. The van der Waals surface area contributed by atoms with Crippen LogP contribution < -0.4 is 5.32 Å². The highest BCUT2D eigenvalue weighted by atomic mass is 32.2. The van der Waals surface area contributed by atoms with E-state index in [-0.39, 0.29) is 23.4 Å². The minimum absolute atomic E-state index is 0.0733. The second-order valence-electron chi connectivity index (χ2n) is 11.3. The summed E-state index contributed by atoms with van der Waals surface area (Å²) >= 11 is 0. The van der Waals surface area contributed by atoms with Crippen molar-refractivity contribution in [3.8, 4) is 0 Å². The molecule has 0 bridgehead atoms. The monoisotopic (exact) mass is 597 g/mol. The molecule has 1 fully saturated rings. The molecule has 0 saturated heterocycles. The second-order valence-corrected chi connectivity index (χ2v) is 13.4. The fraction of sp³-hybridized carbons (Fsp3) is 0.314. The standard InChI is InChI=1S/C35H39N3O4S/c1-37(43(41,42)32-22-21-29-17-11-12-18-30(29)24-32)26-34(39)38(25-28-15-7-3-8-16-28)33(23-27-13-5-2-6-14-27)35(40)36-31-19-9-4-10-20-31/h2-3,5-8,11-18,21-22,24,31,33H,4,9-10,19-20,23,25-26H2,1H3,(H,36,40). The number of likely N-dealkylation sites (N-methyl/N-ethyl adjacent to an activating group) is 1. The molecule has 1 saturated carbocycles. The van der Waals surface area contributed by atoms with Crippen molar-refractivity contribution in [1.82, 2.24) is 14.5 Å².